The van der Waals surface area contributed by atoms with Crippen molar-refractivity contribution in [2.24, 2.45) is 0 Å². The third-order valence-electron chi connectivity index (χ3n) is 3.88. The van der Waals surface area contributed by atoms with Crippen LogP contribution in [0.2, 0.25) is 0 Å². The molecule has 0 aliphatic carbocycles. The molecule has 0 aliphatic rings. The summed E-state index contributed by atoms with van der Waals surface area (Å²) in [6, 6.07) is 11.8. The van der Waals surface area contributed by atoms with Gasteiger partial charge in [0.25, 0.3) is 0 Å². The fraction of sp³-hybridized carbons (Fsp3) is 0.182. The summed E-state index contributed by atoms with van der Waals surface area (Å²) in [6.07, 6.45) is 3.78. The molecule has 1 heterocycles. The molecule has 0 atom stereocenters. The van der Waals surface area contributed by atoms with Crippen molar-refractivity contribution in [1.82, 2.24) is 4.98 Å². The van der Waals surface area contributed by atoms with Gasteiger partial charge in [0.15, 0.2) is 17.8 Å². The predicted octanol–water partition coefficient (Wildman–Crippen LogP) is 5.71. The van der Waals surface area contributed by atoms with Crippen LogP contribution in [0.3, 0.4) is 0 Å². The van der Waals surface area contributed by atoms with E-state index in [1.165, 1.54) is 12.4 Å². The molecule has 0 N–H and O–H groups in total. The first kappa shape index (κ1) is 17.7. The van der Waals surface area contributed by atoms with Gasteiger partial charge < -0.3 is 9.47 Å². The van der Waals surface area contributed by atoms with Gasteiger partial charge in [-0.2, -0.15) is 0 Å². The molecule has 26 heavy (non-hydrogen) atoms. The third-order valence-corrected chi connectivity index (χ3v) is 3.88. The van der Waals surface area contributed by atoms with Gasteiger partial charge in [-0.1, -0.05) is 12.1 Å². The van der Waals surface area contributed by atoms with Crippen molar-refractivity contribution in [1.29, 1.82) is 0 Å². The van der Waals surface area contributed by atoms with Gasteiger partial charge in [0.1, 0.15) is 17.1 Å². The van der Waals surface area contributed by atoms with Crippen LogP contribution in [0, 0.1) is 27.7 Å². The summed E-state index contributed by atoms with van der Waals surface area (Å²) in [4.78, 5) is 15.9. The van der Waals surface area contributed by atoms with Gasteiger partial charge in [0.2, 0.25) is 0 Å². The number of nitrogens with zero attached hydrogens (tertiary/aromatic N) is 1. The molecule has 0 aliphatic heterocycles. The second-order valence-electron chi connectivity index (χ2n) is 6.52. The fourth-order valence-electron chi connectivity index (χ4n) is 2.95. The Labute approximate surface area is 153 Å². The van der Waals surface area contributed by atoms with E-state index in [0.29, 0.717) is 28.6 Å². The normalized spacial score (nSPS) is 10.5. The average Bonchev–Trinajstić information content (AvgIpc) is 2.53. The largest absolute Gasteiger partial charge is 0.455 e. The van der Waals surface area contributed by atoms with E-state index < -0.39 is 0 Å². The maximum atomic E-state index is 11.7. The number of carbonyl (C=O) groups excluding carboxylic acids is 1. The number of aromatic nitrogens is 1. The van der Waals surface area contributed by atoms with Gasteiger partial charge in [-0.25, -0.2) is 0 Å². The number of aryl methyl sites for hydroxylation is 4. The number of carbonyl (C=O) groups is 1. The topological polar surface area (TPSA) is 48.4 Å². The minimum absolute atomic E-state index is 0.332. The molecule has 0 unspecified atom stereocenters. The van der Waals surface area contributed by atoms with E-state index in [1.54, 1.807) is 0 Å². The van der Waals surface area contributed by atoms with Crippen molar-refractivity contribution in [3.8, 4) is 23.0 Å². The Morgan fingerprint density at radius 2 is 1.08 bits per heavy atom. The smallest absolute Gasteiger partial charge is 0.159 e. The van der Waals surface area contributed by atoms with Gasteiger partial charge in [-0.15, -0.1) is 0 Å². The number of hydrogen-bond acceptors (Lipinski definition) is 4. The minimum Gasteiger partial charge on any atom is -0.455 e. The Hall–Kier alpha value is -3.14. The second kappa shape index (κ2) is 7.40. The van der Waals surface area contributed by atoms with E-state index in [9.17, 15) is 4.79 Å². The lowest BCUT2D eigenvalue weighted by atomic mass is 10.1. The fourth-order valence-corrected chi connectivity index (χ4v) is 2.95. The van der Waals surface area contributed by atoms with Crippen molar-refractivity contribution >= 4 is 6.29 Å². The number of benzene rings is 2. The molecule has 1 aromatic heterocycles. The molecule has 3 aromatic rings. The van der Waals surface area contributed by atoms with Crippen molar-refractivity contribution in [3.05, 3.63) is 76.6 Å². The lowest BCUT2D eigenvalue weighted by Crippen LogP contribution is -1.97. The summed E-state index contributed by atoms with van der Waals surface area (Å²) in [5.41, 5.74) is 4.68. The first-order chi connectivity index (χ1) is 12.4. The molecule has 0 amide bonds. The zero-order chi connectivity index (χ0) is 18.7. The summed E-state index contributed by atoms with van der Waals surface area (Å²) in [5.74, 6) is 2.06. The van der Waals surface area contributed by atoms with Crippen LogP contribution in [0.4, 0.5) is 0 Å². The number of ether oxygens (including phenoxy) is 2. The number of pyridine rings is 1. The molecule has 0 spiro atoms. The minimum atomic E-state index is 0.332. The van der Waals surface area contributed by atoms with Crippen LogP contribution >= 0.6 is 0 Å². The molecule has 132 valence electrons. The highest BCUT2D eigenvalue weighted by molar-refractivity contribution is 5.83. The van der Waals surface area contributed by atoms with E-state index >= 15 is 0 Å². The van der Waals surface area contributed by atoms with Crippen molar-refractivity contribution in [2.45, 2.75) is 27.7 Å². The number of aldehydes is 1. The molecule has 4 heteroatoms. The highest BCUT2D eigenvalue weighted by Gasteiger charge is 2.14. The van der Waals surface area contributed by atoms with E-state index in [4.69, 9.17) is 9.47 Å². The molecular formula is C22H21NO3. The van der Waals surface area contributed by atoms with Crippen LogP contribution in [-0.4, -0.2) is 11.3 Å². The monoisotopic (exact) mass is 347 g/mol. The molecule has 0 saturated carbocycles. The molecule has 0 fully saturated rings. The first-order valence-corrected chi connectivity index (χ1v) is 8.40. The Morgan fingerprint density at radius 1 is 0.692 bits per heavy atom. The van der Waals surface area contributed by atoms with Crippen molar-refractivity contribution < 1.29 is 14.3 Å². The molecule has 2 aromatic carbocycles. The number of hydrogen-bond donors (Lipinski definition) is 0. The van der Waals surface area contributed by atoms with Gasteiger partial charge >= 0.3 is 0 Å². The first-order valence-electron chi connectivity index (χ1n) is 8.40. The van der Waals surface area contributed by atoms with E-state index in [-0.39, 0.29) is 0 Å². The standard InChI is InChI=1S/C22H21NO3/c1-14-5-15(2)8-18(7-14)25-21-11-23-12-22(20(21)13-24)26-19-9-16(3)6-17(4)10-19/h5-13H,1-4H3. The maximum Gasteiger partial charge on any atom is 0.159 e. The molecule has 0 saturated heterocycles. The Bertz CT molecular complexity index is 851. The Kier molecular flexibility index (Phi) is 5.03. The number of rotatable bonds is 5. The second-order valence-corrected chi connectivity index (χ2v) is 6.52. The van der Waals surface area contributed by atoms with E-state index in [1.807, 2.05) is 52.0 Å². The summed E-state index contributed by atoms with van der Waals surface area (Å²) >= 11 is 0. The Morgan fingerprint density at radius 3 is 1.42 bits per heavy atom. The van der Waals surface area contributed by atoms with E-state index in [2.05, 4.69) is 17.1 Å². The van der Waals surface area contributed by atoms with Crippen LogP contribution in [0.25, 0.3) is 0 Å². The molecule has 0 radical (unpaired) electrons. The summed E-state index contributed by atoms with van der Waals surface area (Å²) in [6.45, 7) is 7.99. The van der Waals surface area contributed by atoms with Crippen molar-refractivity contribution in [2.75, 3.05) is 0 Å². The lowest BCUT2D eigenvalue weighted by molar-refractivity contribution is 0.111. The maximum absolute atomic E-state index is 11.7. The lowest BCUT2D eigenvalue weighted by Gasteiger charge is -2.13. The van der Waals surface area contributed by atoms with Gasteiger partial charge in [0.05, 0.1) is 12.4 Å². The van der Waals surface area contributed by atoms with Crippen LogP contribution in [-0.2, 0) is 0 Å². The third kappa shape index (κ3) is 4.09. The van der Waals surface area contributed by atoms with Crippen LogP contribution in [0.1, 0.15) is 32.6 Å². The molecule has 0 bridgehead atoms. The summed E-state index contributed by atoms with van der Waals surface area (Å²) in [7, 11) is 0. The highest BCUT2D eigenvalue weighted by Crippen LogP contribution is 2.33. The zero-order valence-electron chi connectivity index (χ0n) is 15.4. The molecule has 3 rings (SSSR count). The quantitative estimate of drug-likeness (QED) is 0.554. The molecule has 4 nitrogen and oxygen atoms in total. The van der Waals surface area contributed by atoms with E-state index in [0.717, 1.165) is 28.5 Å². The van der Waals surface area contributed by atoms with Gasteiger partial charge in [-0.3, -0.25) is 9.78 Å². The average molecular weight is 347 g/mol. The summed E-state index contributed by atoms with van der Waals surface area (Å²) < 4.78 is 11.8. The highest BCUT2D eigenvalue weighted by atomic mass is 16.5. The SMILES string of the molecule is Cc1cc(C)cc(Oc2cncc(Oc3cc(C)cc(C)c3)c2C=O)c1. The van der Waals surface area contributed by atoms with Crippen LogP contribution in [0.15, 0.2) is 48.8 Å². The van der Waals surface area contributed by atoms with Crippen LogP contribution < -0.4 is 9.47 Å². The van der Waals surface area contributed by atoms with Crippen LogP contribution in [0.5, 0.6) is 23.0 Å². The Balaban J connectivity index is 1.95. The van der Waals surface area contributed by atoms with Gasteiger partial charge in [0, 0.05) is 0 Å². The molecular weight excluding hydrogens is 326 g/mol. The predicted molar refractivity (Wildman–Crippen MR) is 102 cm³/mol. The van der Waals surface area contributed by atoms with Gasteiger partial charge in [-0.05, 0) is 74.2 Å². The summed E-state index contributed by atoms with van der Waals surface area (Å²) in [5, 5.41) is 0. The van der Waals surface area contributed by atoms with Crippen molar-refractivity contribution in [3.63, 3.8) is 0 Å². The zero-order valence-corrected chi connectivity index (χ0v) is 15.4.